The number of hydrogen-bond acceptors (Lipinski definition) is 2. The fourth-order valence-electron chi connectivity index (χ4n) is 1.34. The molecule has 3 heteroatoms. The summed E-state index contributed by atoms with van der Waals surface area (Å²) in [6.45, 7) is 5.21. The van der Waals surface area contributed by atoms with E-state index in [2.05, 4.69) is 30.5 Å². The van der Waals surface area contributed by atoms with E-state index in [0.29, 0.717) is 6.04 Å². The lowest BCUT2D eigenvalue weighted by Crippen LogP contribution is -2.14. The molecule has 0 fully saturated rings. The van der Waals surface area contributed by atoms with Gasteiger partial charge in [0.1, 0.15) is 0 Å². The fourth-order valence-corrected chi connectivity index (χ4v) is 1.34. The minimum absolute atomic E-state index is 0.449. The molecule has 0 bridgehead atoms. The van der Waals surface area contributed by atoms with E-state index in [1.54, 1.807) is 0 Å². The van der Waals surface area contributed by atoms with Crippen LogP contribution < -0.4 is 5.32 Å². The Bertz CT molecular complexity index is 225. The first-order valence-corrected chi connectivity index (χ1v) is 4.51. The van der Waals surface area contributed by atoms with Crippen LogP contribution in [0.2, 0.25) is 0 Å². The molecule has 0 radical (unpaired) electrons. The van der Waals surface area contributed by atoms with Gasteiger partial charge in [0.15, 0.2) is 0 Å². The second kappa shape index (κ2) is 4.26. The van der Waals surface area contributed by atoms with Gasteiger partial charge in [-0.05, 0) is 20.4 Å². The van der Waals surface area contributed by atoms with Crippen molar-refractivity contribution in [2.24, 2.45) is 0 Å². The summed E-state index contributed by atoms with van der Waals surface area (Å²) in [6, 6.07) is 0.449. The Balaban J connectivity index is 2.72. The normalized spacial score (nSPS) is 13.2. The van der Waals surface area contributed by atoms with Gasteiger partial charge in [-0.1, -0.05) is 6.92 Å². The van der Waals surface area contributed by atoms with Crippen LogP contribution in [0.25, 0.3) is 0 Å². The Morgan fingerprint density at radius 1 is 1.58 bits per heavy atom. The SMILES string of the molecule is CCC(NC)c1cnn(CC)c1. The van der Waals surface area contributed by atoms with Crippen LogP contribution in [0.4, 0.5) is 0 Å². The van der Waals surface area contributed by atoms with Gasteiger partial charge in [0.05, 0.1) is 6.20 Å². The zero-order chi connectivity index (χ0) is 8.97. The minimum Gasteiger partial charge on any atom is -0.313 e. The average molecular weight is 167 g/mol. The summed E-state index contributed by atoms with van der Waals surface area (Å²) in [5.41, 5.74) is 1.28. The van der Waals surface area contributed by atoms with Crippen molar-refractivity contribution < 1.29 is 0 Å². The molecule has 68 valence electrons. The van der Waals surface area contributed by atoms with Crippen LogP contribution in [0.5, 0.6) is 0 Å². The molecule has 1 aromatic rings. The predicted molar refractivity (Wildman–Crippen MR) is 50.0 cm³/mol. The minimum atomic E-state index is 0.449. The maximum atomic E-state index is 4.23. The lowest BCUT2D eigenvalue weighted by atomic mass is 10.1. The topological polar surface area (TPSA) is 29.9 Å². The van der Waals surface area contributed by atoms with E-state index < -0.39 is 0 Å². The molecule has 0 saturated carbocycles. The van der Waals surface area contributed by atoms with Crippen molar-refractivity contribution >= 4 is 0 Å². The van der Waals surface area contributed by atoms with Gasteiger partial charge in [0, 0.05) is 24.3 Å². The molecule has 1 rings (SSSR count). The molecule has 0 aliphatic carbocycles. The molecule has 1 N–H and O–H groups in total. The molecule has 12 heavy (non-hydrogen) atoms. The Morgan fingerprint density at radius 3 is 2.75 bits per heavy atom. The van der Waals surface area contributed by atoms with Crippen LogP contribution in [0.1, 0.15) is 31.9 Å². The quantitative estimate of drug-likeness (QED) is 0.737. The van der Waals surface area contributed by atoms with E-state index in [4.69, 9.17) is 0 Å². The standard InChI is InChI=1S/C9H17N3/c1-4-9(10-3)8-6-11-12(5-2)7-8/h6-7,9-10H,4-5H2,1-3H3. The third-order valence-corrected chi connectivity index (χ3v) is 2.14. The maximum Gasteiger partial charge on any atom is 0.0537 e. The molecule has 3 nitrogen and oxygen atoms in total. The first-order valence-electron chi connectivity index (χ1n) is 4.51. The van der Waals surface area contributed by atoms with Crippen LogP contribution in [0.15, 0.2) is 12.4 Å². The highest BCUT2D eigenvalue weighted by Crippen LogP contribution is 2.14. The van der Waals surface area contributed by atoms with Gasteiger partial charge in [-0.15, -0.1) is 0 Å². The van der Waals surface area contributed by atoms with Crippen LogP contribution in [-0.2, 0) is 6.54 Å². The molecule has 0 aliphatic heterocycles. The average Bonchev–Trinajstić information content (AvgIpc) is 2.55. The summed E-state index contributed by atoms with van der Waals surface area (Å²) >= 11 is 0. The van der Waals surface area contributed by atoms with Gasteiger partial charge in [0.25, 0.3) is 0 Å². The van der Waals surface area contributed by atoms with Gasteiger partial charge < -0.3 is 5.32 Å². The predicted octanol–water partition coefficient (Wildman–Crippen LogP) is 1.57. The zero-order valence-electron chi connectivity index (χ0n) is 8.04. The molecule has 1 unspecified atom stereocenters. The summed E-state index contributed by atoms with van der Waals surface area (Å²) in [4.78, 5) is 0. The maximum absolute atomic E-state index is 4.23. The number of aromatic nitrogens is 2. The van der Waals surface area contributed by atoms with Crippen LogP contribution in [-0.4, -0.2) is 16.8 Å². The van der Waals surface area contributed by atoms with E-state index in [0.717, 1.165) is 13.0 Å². The fraction of sp³-hybridized carbons (Fsp3) is 0.667. The number of rotatable bonds is 4. The molecule has 0 spiro atoms. The first kappa shape index (κ1) is 9.26. The first-order chi connectivity index (χ1) is 5.81. The van der Waals surface area contributed by atoms with E-state index in [1.165, 1.54) is 5.56 Å². The summed E-state index contributed by atoms with van der Waals surface area (Å²) in [5, 5.41) is 7.48. The van der Waals surface area contributed by atoms with Crippen molar-refractivity contribution in [3.63, 3.8) is 0 Å². The van der Waals surface area contributed by atoms with Crippen molar-refractivity contribution in [3.8, 4) is 0 Å². The molecular weight excluding hydrogens is 150 g/mol. The van der Waals surface area contributed by atoms with Crippen LogP contribution in [0, 0.1) is 0 Å². The summed E-state index contributed by atoms with van der Waals surface area (Å²) in [5.74, 6) is 0. The van der Waals surface area contributed by atoms with Crippen molar-refractivity contribution in [1.29, 1.82) is 0 Å². The zero-order valence-corrected chi connectivity index (χ0v) is 8.04. The van der Waals surface area contributed by atoms with E-state index >= 15 is 0 Å². The monoisotopic (exact) mass is 167 g/mol. The van der Waals surface area contributed by atoms with Gasteiger partial charge in [-0.25, -0.2) is 0 Å². The van der Waals surface area contributed by atoms with Gasteiger partial charge in [-0.2, -0.15) is 5.10 Å². The lowest BCUT2D eigenvalue weighted by molar-refractivity contribution is 0.574. The Hall–Kier alpha value is -0.830. The Kier molecular flexibility index (Phi) is 3.29. The highest BCUT2D eigenvalue weighted by molar-refractivity contribution is 5.09. The largest absolute Gasteiger partial charge is 0.313 e. The van der Waals surface area contributed by atoms with Crippen molar-refractivity contribution in [1.82, 2.24) is 15.1 Å². The number of hydrogen-bond donors (Lipinski definition) is 1. The Morgan fingerprint density at radius 2 is 2.33 bits per heavy atom. The molecule has 0 amide bonds. The van der Waals surface area contributed by atoms with Crippen molar-refractivity contribution in [2.75, 3.05) is 7.05 Å². The number of aryl methyl sites for hydroxylation is 1. The summed E-state index contributed by atoms with van der Waals surface area (Å²) in [6.07, 6.45) is 5.14. The molecule has 0 aromatic carbocycles. The van der Waals surface area contributed by atoms with Crippen molar-refractivity contribution in [2.45, 2.75) is 32.9 Å². The van der Waals surface area contributed by atoms with Crippen LogP contribution >= 0.6 is 0 Å². The smallest absolute Gasteiger partial charge is 0.0537 e. The molecule has 1 aromatic heterocycles. The molecular formula is C9H17N3. The van der Waals surface area contributed by atoms with Gasteiger partial charge in [-0.3, -0.25) is 4.68 Å². The second-order valence-corrected chi connectivity index (χ2v) is 2.88. The van der Waals surface area contributed by atoms with E-state index in [-0.39, 0.29) is 0 Å². The second-order valence-electron chi connectivity index (χ2n) is 2.88. The number of nitrogens with one attached hydrogen (secondary N) is 1. The molecule has 0 saturated heterocycles. The summed E-state index contributed by atoms with van der Waals surface area (Å²) < 4.78 is 1.95. The van der Waals surface area contributed by atoms with E-state index in [9.17, 15) is 0 Å². The Labute approximate surface area is 73.8 Å². The number of nitrogens with zero attached hydrogens (tertiary/aromatic N) is 2. The van der Waals surface area contributed by atoms with Gasteiger partial charge in [0.2, 0.25) is 0 Å². The third-order valence-electron chi connectivity index (χ3n) is 2.14. The molecule has 0 aliphatic rings. The van der Waals surface area contributed by atoms with Gasteiger partial charge >= 0.3 is 0 Å². The van der Waals surface area contributed by atoms with Crippen LogP contribution in [0.3, 0.4) is 0 Å². The van der Waals surface area contributed by atoms with Crippen molar-refractivity contribution in [3.05, 3.63) is 18.0 Å². The highest BCUT2D eigenvalue weighted by atomic mass is 15.3. The van der Waals surface area contributed by atoms with E-state index in [1.807, 2.05) is 17.9 Å². The lowest BCUT2D eigenvalue weighted by Gasteiger charge is -2.10. The highest BCUT2D eigenvalue weighted by Gasteiger charge is 2.07. The third kappa shape index (κ3) is 1.85. The molecule has 1 heterocycles. The molecule has 1 atom stereocenters. The summed E-state index contributed by atoms with van der Waals surface area (Å²) in [7, 11) is 1.98.